The predicted molar refractivity (Wildman–Crippen MR) is 51.8 cm³/mol. The normalized spacial score (nSPS) is 15.5. The highest BCUT2D eigenvalue weighted by Gasteiger charge is 2.44. The van der Waals surface area contributed by atoms with Gasteiger partial charge in [0.05, 0.1) is 7.11 Å². The molecule has 0 radical (unpaired) electrons. The fraction of sp³-hybridized carbons (Fsp3) is 0.875. The lowest BCUT2D eigenvalue weighted by molar-refractivity contribution is -0.145. The smallest absolute Gasteiger partial charge is 0.338 e. The molecule has 0 rings (SSSR count). The summed E-state index contributed by atoms with van der Waals surface area (Å²) in [7, 11) is 2.54. The lowest BCUT2D eigenvalue weighted by atomic mass is 10.1. The van der Waals surface area contributed by atoms with Gasteiger partial charge in [-0.25, -0.2) is 0 Å². The third-order valence-corrected chi connectivity index (χ3v) is 4.88. The van der Waals surface area contributed by atoms with Crippen LogP contribution in [0.25, 0.3) is 0 Å². The number of carbonyl (C=O) groups is 1. The van der Waals surface area contributed by atoms with Crippen molar-refractivity contribution in [2.45, 2.75) is 25.3 Å². The fourth-order valence-electron chi connectivity index (χ4n) is 1.26. The number of hydrogen-bond acceptors (Lipinski definition) is 4. The molecule has 0 aliphatic heterocycles. The van der Waals surface area contributed by atoms with Gasteiger partial charge in [0.2, 0.25) is 0 Å². The topological polar surface area (TPSA) is 44.8 Å². The molecule has 0 aromatic carbocycles. The van der Waals surface area contributed by atoms with Gasteiger partial charge in [-0.1, -0.05) is 6.92 Å². The SMILES string of the molecule is CCC(C)(C(=O)OC)[SiH](OC)OC. The van der Waals surface area contributed by atoms with Gasteiger partial charge in [0.1, 0.15) is 5.04 Å². The van der Waals surface area contributed by atoms with E-state index in [9.17, 15) is 4.79 Å². The molecule has 0 N–H and O–H groups in total. The minimum absolute atomic E-state index is 0.254. The van der Waals surface area contributed by atoms with Crippen LogP contribution in [0.5, 0.6) is 0 Å². The van der Waals surface area contributed by atoms with Gasteiger partial charge >= 0.3 is 15.3 Å². The maximum Gasteiger partial charge on any atom is 0.338 e. The molecule has 0 saturated carbocycles. The minimum atomic E-state index is -1.97. The van der Waals surface area contributed by atoms with Crippen molar-refractivity contribution >= 4 is 15.3 Å². The van der Waals surface area contributed by atoms with Crippen molar-refractivity contribution in [3.8, 4) is 0 Å². The van der Waals surface area contributed by atoms with Gasteiger partial charge in [-0.15, -0.1) is 0 Å². The number of carbonyl (C=O) groups excluding carboxylic acids is 1. The van der Waals surface area contributed by atoms with Crippen LogP contribution in [0, 0.1) is 0 Å². The lowest BCUT2D eigenvalue weighted by Crippen LogP contribution is -2.40. The quantitative estimate of drug-likeness (QED) is 0.494. The van der Waals surface area contributed by atoms with Crippen LogP contribution in [0.1, 0.15) is 20.3 Å². The first kappa shape index (κ1) is 12.6. The maximum absolute atomic E-state index is 11.5. The van der Waals surface area contributed by atoms with Crippen LogP contribution in [0.2, 0.25) is 5.04 Å². The lowest BCUT2D eigenvalue weighted by Gasteiger charge is -2.29. The zero-order valence-corrected chi connectivity index (χ0v) is 10.1. The molecule has 0 amide bonds. The van der Waals surface area contributed by atoms with Crippen LogP contribution < -0.4 is 0 Å². The summed E-state index contributed by atoms with van der Waals surface area (Å²) in [5.41, 5.74) is 0. The third-order valence-electron chi connectivity index (χ3n) is 2.33. The van der Waals surface area contributed by atoms with Crippen molar-refractivity contribution < 1.29 is 18.4 Å². The largest absolute Gasteiger partial charge is 0.469 e. The molecule has 0 aliphatic carbocycles. The Balaban J connectivity index is 4.68. The third kappa shape index (κ3) is 2.52. The van der Waals surface area contributed by atoms with E-state index in [1.807, 2.05) is 13.8 Å². The molecule has 0 heterocycles. The van der Waals surface area contributed by atoms with E-state index in [-0.39, 0.29) is 5.97 Å². The maximum atomic E-state index is 11.5. The summed E-state index contributed by atoms with van der Waals surface area (Å²) < 4.78 is 15.1. The Morgan fingerprint density at radius 2 is 1.77 bits per heavy atom. The van der Waals surface area contributed by atoms with Gasteiger partial charge in [-0.05, 0) is 13.3 Å². The van der Waals surface area contributed by atoms with Crippen LogP contribution in [0.3, 0.4) is 0 Å². The average molecular weight is 206 g/mol. The van der Waals surface area contributed by atoms with E-state index in [0.717, 1.165) is 0 Å². The summed E-state index contributed by atoms with van der Waals surface area (Å²) in [6.07, 6.45) is 0.665. The first-order chi connectivity index (χ1) is 6.06. The van der Waals surface area contributed by atoms with Gasteiger partial charge in [-0.2, -0.15) is 0 Å². The van der Waals surface area contributed by atoms with Crippen LogP contribution in [0.15, 0.2) is 0 Å². The molecular formula is C8H18O4Si. The molecule has 1 atom stereocenters. The molecule has 0 bridgehead atoms. The average Bonchev–Trinajstić information content (AvgIpc) is 2.17. The molecule has 0 aliphatic rings. The summed E-state index contributed by atoms with van der Waals surface area (Å²) >= 11 is 0. The summed E-state index contributed by atoms with van der Waals surface area (Å²) in [6.45, 7) is 3.75. The summed E-state index contributed by atoms with van der Waals surface area (Å²) in [5, 5.41) is -0.599. The van der Waals surface area contributed by atoms with Crippen LogP contribution in [-0.2, 0) is 18.4 Å². The Morgan fingerprint density at radius 3 is 2.00 bits per heavy atom. The Morgan fingerprint density at radius 1 is 1.31 bits per heavy atom. The highest BCUT2D eigenvalue weighted by atomic mass is 28.3. The van der Waals surface area contributed by atoms with E-state index in [4.69, 9.17) is 13.6 Å². The van der Waals surface area contributed by atoms with Gasteiger partial charge < -0.3 is 13.6 Å². The van der Waals surface area contributed by atoms with Crippen LogP contribution in [-0.4, -0.2) is 36.6 Å². The van der Waals surface area contributed by atoms with E-state index in [1.165, 1.54) is 7.11 Å². The van der Waals surface area contributed by atoms with Crippen molar-refractivity contribution in [1.82, 2.24) is 0 Å². The van der Waals surface area contributed by atoms with Gasteiger partial charge in [0.25, 0.3) is 0 Å². The van der Waals surface area contributed by atoms with Crippen molar-refractivity contribution in [1.29, 1.82) is 0 Å². The molecule has 78 valence electrons. The molecule has 13 heavy (non-hydrogen) atoms. The minimum Gasteiger partial charge on any atom is -0.469 e. The number of rotatable bonds is 5. The highest BCUT2D eigenvalue weighted by Crippen LogP contribution is 2.35. The van der Waals surface area contributed by atoms with Crippen LogP contribution in [0.4, 0.5) is 0 Å². The number of methoxy groups -OCH3 is 1. The Labute approximate surface area is 81.0 Å². The van der Waals surface area contributed by atoms with Crippen LogP contribution >= 0.6 is 0 Å². The standard InChI is InChI=1S/C8H18O4Si/c1-6-8(2,7(9)10-3)13(11-4)12-5/h13H,6H2,1-5H3. The number of hydrogen-bond donors (Lipinski definition) is 0. The van der Waals surface area contributed by atoms with E-state index in [0.29, 0.717) is 6.42 Å². The summed E-state index contributed by atoms with van der Waals surface area (Å²) in [6, 6.07) is 0. The summed E-state index contributed by atoms with van der Waals surface area (Å²) in [5.74, 6) is -0.254. The van der Waals surface area contributed by atoms with E-state index in [1.54, 1.807) is 14.2 Å². The Hall–Kier alpha value is -0.393. The molecule has 1 unspecified atom stereocenters. The molecule has 0 aromatic heterocycles. The molecule has 5 heteroatoms. The Kier molecular flexibility index (Phi) is 5.20. The van der Waals surface area contributed by atoms with E-state index >= 15 is 0 Å². The van der Waals surface area contributed by atoms with Crippen molar-refractivity contribution in [3.63, 3.8) is 0 Å². The van der Waals surface area contributed by atoms with Crippen molar-refractivity contribution in [2.24, 2.45) is 0 Å². The van der Waals surface area contributed by atoms with E-state index < -0.39 is 14.3 Å². The molecule has 0 saturated heterocycles. The molecular weight excluding hydrogens is 188 g/mol. The first-order valence-electron chi connectivity index (χ1n) is 4.20. The summed E-state index contributed by atoms with van der Waals surface area (Å²) in [4.78, 5) is 11.5. The van der Waals surface area contributed by atoms with Gasteiger partial charge in [0.15, 0.2) is 0 Å². The van der Waals surface area contributed by atoms with Gasteiger partial charge in [-0.3, -0.25) is 4.79 Å². The molecule has 0 aromatic rings. The fourth-order valence-corrected chi connectivity index (χ4v) is 3.13. The molecule has 4 nitrogen and oxygen atoms in total. The first-order valence-corrected chi connectivity index (χ1v) is 5.72. The van der Waals surface area contributed by atoms with Crippen molar-refractivity contribution in [2.75, 3.05) is 21.3 Å². The number of esters is 1. The number of ether oxygens (including phenoxy) is 1. The second-order valence-corrected chi connectivity index (χ2v) is 5.95. The second kappa shape index (κ2) is 5.36. The van der Waals surface area contributed by atoms with E-state index in [2.05, 4.69) is 0 Å². The van der Waals surface area contributed by atoms with Gasteiger partial charge in [0, 0.05) is 14.2 Å². The predicted octanol–water partition coefficient (Wildman–Crippen LogP) is 0.843. The monoisotopic (exact) mass is 206 g/mol. The zero-order chi connectivity index (χ0) is 10.5. The Bertz CT molecular complexity index is 170. The zero-order valence-electron chi connectivity index (χ0n) is 8.92. The highest BCUT2D eigenvalue weighted by molar-refractivity contribution is 6.54. The molecule has 0 spiro atoms. The van der Waals surface area contributed by atoms with Crippen molar-refractivity contribution in [3.05, 3.63) is 0 Å². The second-order valence-electron chi connectivity index (χ2n) is 3.07. The molecule has 0 fully saturated rings.